The standard InChI is InChI=1S/C10H10BrFN2O/c1-6(15)5-14-8-3-2-7(4-13)9(11)10(8)12/h2-3,6,14-15H,5H2,1H3. The van der Waals surface area contributed by atoms with Crippen molar-refractivity contribution in [2.24, 2.45) is 0 Å². The Morgan fingerprint density at radius 1 is 1.67 bits per heavy atom. The predicted octanol–water partition coefficient (Wildman–Crippen LogP) is 2.25. The SMILES string of the molecule is CC(O)CNc1ccc(C#N)c(Br)c1F. The highest BCUT2D eigenvalue weighted by atomic mass is 79.9. The van der Waals surface area contributed by atoms with Crippen LogP contribution in [-0.2, 0) is 0 Å². The van der Waals surface area contributed by atoms with E-state index < -0.39 is 11.9 Å². The third-order valence-electron chi connectivity index (χ3n) is 1.79. The lowest BCUT2D eigenvalue weighted by molar-refractivity contribution is 0.208. The van der Waals surface area contributed by atoms with Crippen molar-refractivity contribution in [3.63, 3.8) is 0 Å². The first-order chi connectivity index (χ1) is 7.06. The lowest BCUT2D eigenvalue weighted by Crippen LogP contribution is -2.16. The Hall–Kier alpha value is -1.12. The number of nitrogens with zero attached hydrogens (tertiary/aromatic N) is 1. The van der Waals surface area contributed by atoms with Crippen LogP contribution in [0, 0.1) is 17.1 Å². The normalized spacial score (nSPS) is 11.9. The van der Waals surface area contributed by atoms with Gasteiger partial charge in [0.15, 0.2) is 5.82 Å². The third-order valence-corrected chi connectivity index (χ3v) is 2.57. The molecule has 15 heavy (non-hydrogen) atoms. The van der Waals surface area contributed by atoms with Crippen LogP contribution >= 0.6 is 15.9 Å². The molecule has 1 aromatic carbocycles. The summed E-state index contributed by atoms with van der Waals surface area (Å²) in [6.07, 6.45) is -0.557. The highest BCUT2D eigenvalue weighted by Crippen LogP contribution is 2.26. The molecule has 0 amide bonds. The molecule has 2 N–H and O–H groups in total. The molecule has 3 nitrogen and oxygen atoms in total. The molecule has 0 aliphatic heterocycles. The Morgan fingerprint density at radius 3 is 2.87 bits per heavy atom. The van der Waals surface area contributed by atoms with E-state index in [0.29, 0.717) is 0 Å². The summed E-state index contributed by atoms with van der Waals surface area (Å²) in [5.41, 5.74) is 0.511. The topological polar surface area (TPSA) is 56.0 Å². The molecule has 0 saturated carbocycles. The van der Waals surface area contributed by atoms with Gasteiger partial charge in [0.05, 0.1) is 21.8 Å². The van der Waals surface area contributed by atoms with Gasteiger partial charge < -0.3 is 10.4 Å². The summed E-state index contributed by atoms with van der Waals surface area (Å²) in [6.45, 7) is 1.86. The van der Waals surface area contributed by atoms with Gasteiger partial charge in [-0.25, -0.2) is 4.39 Å². The van der Waals surface area contributed by atoms with E-state index >= 15 is 0 Å². The van der Waals surface area contributed by atoms with Crippen LogP contribution in [0.5, 0.6) is 0 Å². The maximum absolute atomic E-state index is 13.6. The Balaban J connectivity index is 2.93. The maximum Gasteiger partial charge on any atom is 0.161 e. The molecule has 5 heteroatoms. The molecule has 1 atom stereocenters. The minimum atomic E-state index is -0.557. The van der Waals surface area contributed by atoms with Crippen molar-refractivity contribution in [1.29, 1.82) is 5.26 Å². The van der Waals surface area contributed by atoms with Crippen molar-refractivity contribution < 1.29 is 9.50 Å². The Bertz CT molecular complexity index is 401. The van der Waals surface area contributed by atoms with Crippen LogP contribution in [0.4, 0.5) is 10.1 Å². The van der Waals surface area contributed by atoms with E-state index in [1.54, 1.807) is 6.92 Å². The van der Waals surface area contributed by atoms with Crippen LogP contribution < -0.4 is 5.32 Å². The molecule has 0 spiro atoms. The third kappa shape index (κ3) is 2.91. The second-order valence-electron chi connectivity index (χ2n) is 3.13. The average molecular weight is 273 g/mol. The zero-order valence-electron chi connectivity index (χ0n) is 8.09. The summed E-state index contributed by atoms with van der Waals surface area (Å²) < 4.78 is 13.7. The molecule has 1 rings (SSSR count). The number of rotatable bonds is 3. The summed E-state index contributed by atoms with van der Waals surface area (Å²) in [6, 6.07) is 4.85. The fourth-order valence-corrected chi connectivity index (χ4v) is 1.46. The molecule has 0 saturated heterocycles. The predicted molar refractivity (Wildman–Crippen MR) is 59.0 cm³/mol. The van der Waals surface area contributed by atoms with E-state index in [2.05, 4.69) is 21.2 Å². The first kappa shape index (κ1) is 12.0. The molecule has 0 aliphatic rings. The minimum absolute atomic E-state index is 0.139. The number of aliphatic hydroxyl groups is 1. The summed E-state index contributed by atoms with van der Waals surface area (Å²) in [4.78, 5) is 0. The number of halogens is 2. The van der Waals surface area contributed by atoms with Gasteiger partial charge in [0.1, 0.15) is 6.07 Å². The fraction of sp³-hybridized carbons (Fsp3) is 0.300. The van der Waals surface area contributed by atoms with Crippen molar-refractivity contribution in [3.05, 3.63) is 28.0 Å². The first-order valence-electron chi connectivity index (χ1n) is 4.36. The summed E-state index contributed by atoms with van der Waals surface area (Å²) >= 11 is 3.00. The first-order valence-corrected chi connectivity index (χ1v) is 5.15. The zero-order valence-corrected chi connectivity index (χ0v) is 9.68. The number of hydrogen-bond acceptors (Lipinski definition) is 3. The summed E-state index contributed by atoms with van der Waals surface area (Å²) in [7, 11) is 0. The lowest BCUT2D eigenvalue weighted by Gasteiger charge is -2.10. The molecular formula is C10H10BrFN2O. The molecule has 1 aromatic rings. The van der Waals surface area contributed by atoms with Crippen molar-refractivity contribution in [2.45, 2.75) is 13.0 Å². The van der Waals surface area contributed by atoms with E-state index in [4.69, 9.17) is 10.4 Å². The van der Waals surface area contributed by atoms with Crippen molar-refractivity contribution in [3.8, 4) is 6.07 Å². The second-order valence-corrected chi connectivity index (χ2v) is 3.92. The van der Waals surface area contributed by atoms with Gasteiger partial charge in [-0.2, -0.15) is 5.26 Å². The smallest absolute Gasteiger partial charge is 0.161 e. The number of benzene rings is 1. The van der Waals surface area contributed by atoms with Crippen molar-refractivity contribution in [2.75, 3.05) is 11.9 Å². The Kier molecular flexibility index (Phi) is 4.06. The quantitative estimate of drug-likeness (QED) is 0.888. The van der Waals surface area contributed by atoms with Crippen molar-refractivity contribution >= 4 is 21.6 Å². The number of hydrogen-bond donors (Lipinski definition) is 2. The summed E-state index contributed by atoms with van der Waals surface area (Å²) in [5.74, 6) is -0.519. The molecule has 0 heterocycles. The van der Waals surface area contributed by atoms with Gasteiger partial charge in [-0.15, -0.1) is 0 Å². The number of aliphatic hydroxyl groups excluding tert-OH is 1. The molecule has 0 aliphatic carbocycles. The monoisotopic (exact) mass is 272 g/mol. The molecule has 0 bridgehead atoms. The highest BCUT2D eigenvalue weighted by molar-refractivity contribution is 9.10. The molecule has 80 valence electrons. The van der Waals surface area contributed by atoms with Crippen LogP contribution in [0.1, 0.15) is 12.5 Å². The van der Waals surface area contributed by atoms with Crippen LogP contribution in [0.15, 0.2) is 16.6 Å². The van der Waals surface area contributed by atoms with Gasteiger partial charge >= 0.3 is 0 Å². The number of anilines is 1. The largest absolute Gasteiger partial charge is 0.392 e. The van der Waals surface area contributed by atoms with E-state index in [-0.39, 0.29) is 22.3 Å². The summed E-state index contributed by atoms with van der Waals surface area (Å²) in [5, 5.41) is 20.4. The van der Waals surface area contributed by atoms with E-state index in [1.807, 2.05) is 6.07 Å². The lowest BCUT2D eigenvalue weighted by atomic mass is 10.2. The molecule has 0 radical (unpaired) electrons. The highest BCUT2D eigenvalue weighted by Gasteiger charge is 2.10. The van der Waals surface area contributed by atoms with Gasteiger partial charge in [-0.1, -0.05) is 0 Å². The van der Waals surface area contributed by atoms with E-state index in [1.165, 1.54) is 12.1 Å². The molecular weight excluding hydrogens is 263 g/mol. The van der Waals surface area contributed by atoms with Crippen LogP contribution in [0.25, 0.3) is 0 Å². The Labute approximate surface area is 95.7 Å². The van der Waals surface area contributed by atoms with Gasteiger partial charge in [0.2, 0.25) is 0 Å². The zero-order chi connectivity index (χ0) is 11.4. The molecule has 0 aromatic heterocycles. The van der Waals surface area contributed by atoms with Gasteiger partial charge in [0.25, 0.3) is 0 Å². The van der Waals surface area contributed by atoms with Crippen LogP contribution in [-0.4, -0.2) is 17.8 Å². The van der Waals surface area contributed by atoms with Gasteiger partial charge in [-0.05, 0) is 35.0 Å². The van der Waals surface area contributed by atoms with E-state index in [0.717, 1.165) is 0 Å². The van der Waals surface area contributed by atoms with E-state index in [9.17, 15) is 4.39 Å². The average Bonchev–Trinajstić information content (AvgIpc) is 2.20. The van der Waals surface area contributed by atoms with Gasteiger partial charge in [0, 0.05) is 6.54 Å². The maximum atomic E-state index is 13.6. The molecule has 0 fully saturated rings. The van der Waals surface area contributed by atoms with Gasteiger partial charge in [-0.3, -0.25) is 0 Å². The van der Waals surface area contributed by atoms with Crippen molar-refractivity contribution in [1.82, 2.24) is 0 Å². The minimum Gasteiger partial charge on any atom is -0.392 e. The second kappa shape index (κ2) is 5.10. The molecule has 1 unspecified atom stereocenters. The Morgan fingerprint density at radius 2 is 2.33 bits per heavy atom. The van der Waals surface area contributed by atoms with Crippen LogP contribution in [0.3, 0.4) is 0 Å². The van der Waals surface area contributed by atoms with Crippen LogP contribution in [0.2, 0.25) is 0 Å². The number of nitrogens with one attached hydrogen (secondary N) is 1. The number of nitriles is 1. The fourth-order valence-electron chi connectivity index (χ4n) is 1.03.